The number of nitrogens with zero attached hydrogens (tertiary/aromatic N) is 4. The minimum Gasteiger partial charge on any atom is -0.370 e. The summed E-state index contributed by atoms with van der Waals surface area (Å²) in [6, 6.07) is 16.2. The van der Waals surface area contributed by atoms with Gasteiger partial charge in [0, 0.05) is 67.3 Å². The molecule has 0 atom stereocenters. The largest absolute Gasteiger partial charge is 0.370 e. The fourth-order valence-corrected chi connectivity index (χ4v) is 10.5. The Labute approximate surface area is 350 Å². The average Bonchev–Trinajstić information content (AvgIpc) is 3.52. The fraction of sp³-hybridized carbons (Fsp3) is 0.455. The van der Waals surface area contributed by atoms with E-state index in [1.54, 1.807) is 4.90 Å². The summed E-state index contributed by atoms with van der Waals surface area (Å²) in [5.41, 5.74) is 7.86. The van der Waals surface area contributed by atoms with Crippen molar-refractivity contribution in [3.05, 3.63) is 110 Å². The Bertz CT molecular complexity index is 2670. The molecule has 5 aliphatic rings. The lowest BCUT2D eigenvalue weighted by Crippen LogP contribution is -2.44. The molecule has 2 fully saturated rings. The second-order valence-corrected chi connectivity index (χ2v) is 20.2. The lowest BCUT2D eigenvalue weighted by Gasteiger charge is -2.39. The standard InChI is InChI=1S/C44H50N4O10S2/c1-28-12-13-40(49)48(28)58-43(51)29-14-18-47(19-15-29)42(50)33-11-5-4-10-32(33)41-34-24-30-8-6-16-45(20-22-59(52,53)54)38(30)26-36(34)44(2,3)37-27-39-31(25-35(37)41)9-7-17-46(39)21-23-60(55,56)57/h4-5,10-11,24-27,29H,1,6-9,12-23H2,2-3H3,(H-,52,53,54,55,56,57)/p+1. The maximum atomic E-state index is 14.7. The zero-order chi connectivity index (χ0) is 42.7. The summed E-state index contributed by atoms with van der Waals surface area (Å²) in [5.74, 6) is -2.27. The number of carbonyl (C=O) groups is 3. The summed E-state index contributed by atoms with van der Waals surface area (Å²) in [6.45, 7) is 10.3. The second kappa shape index (κ2) is 15.9. The zero-order valence-electron chi connectivity index (χ0n) is 34.0. The van der Waals surface area contributed by atoms with Gasteiger partial charge >= 0.3 is 5.97 Å². The SMILES string of the molecule is C=C1CCC(=O)N1OC(=O)C1CCN(C(=O)c2ccccc2C2=c3cc4c(cc3C(C)(C)c3cc5c(cc32)CCCN5CCS(=O)(=O)O)=[N+](CCS(=O)(=O)O)CCC4)CC1. The maximum absolute atomic E-state index is 14.7. The molecule has 0 bridgehead atoms. The number of hydrogen-bond acceptors (Lipinski definition) is 9. The molecule has 2 saturated heterocycles. The quantitative estimate of drug-likeness (QED) is 0.226. The molecule has 4 heterocycles. The molecule has 3 aromatic rings. The first-order valence-electron chi connectivity index (χ1n) is 20.6. The first-order chi connectivity index (χ1) is 28.4. The van der Waals surface area contributed by atoms with E-state index in [-0.39, 0.29) is 31.3 Å². The molecular weight excluding hydrogens is 809 g/mol. The molecule has 4 aliphatic heterocycles. The van der Waals surface area contributed by atoms with Crippen LogP contribution in [-0.4, -0.2) is 104 Å². The van der Waals surface area contributed by atoms with Gasteiger partial charge < -0.3 is 14.6 Å². The van der Waals surface area contributed by atoms with Crippen LogP contribution in [0, 0.1) is 5.92 Å². The van der Waals surface area contributed by atoms with Gasteiger partial charge in [0.25, 0.3) is 32.1 Å². The summed E-state index contributed by atoms with van der Waals surface area (Å²) in [4.78, 5) is 49.2. The third-order valence-corrected chi connectivity index (χ3v) is 14.3. The van der Waals surface area contributed by atoms with Gasteiger partial charge in [-0.3, -0.25) is 18.7 Å². The molecule has 60 heavy (non-hydrogen) atoms. The molecule has 8 rings (SSSR count). The summed E-state index contributed by atoms with van der Waals surface area (Å²) in [7, 11) is -8.40. The van der Waals surface area contributed by atoms with Gasteiger partial charge in [-0.05, 0) is 101 Å². The minimum atomic E-state index is -4.20. The van der Waals surface area contributed by atoms with Gasteiger partial charge in [-0.2, -0.15) is 16.8 Å². The number of piperidine rings is 1. The molecule has 2 N–H and O–H groups in total. The van der Waals surface area contributed by atoms with Gasteiger partial charge in [0.2, 0.25) is 5.36 Å². The van der Waals surface area contributed by atoms with Crippen molar-refractivity contribution in [3.8, 4) is 0 Å². The van der Waals surface area contributed by atoms with E-state index >= 15 is 0 Å². The van der Waals surface area contributed by atoms with Gasteiger partial charge in [-0.1, -0.05) is 38.6 Å². The normalized spacial score (nSPS) is 19.2. The summed E-state index contributed by atoms with van der Waals surface area (Å²) >= 11 is 0. The second-order valence-electron chi connectivity index (χ2n) is 17.1. The first-order valence-corrected chi connectivity index (χ1v) is 23.9. The molecule has 0 aromatic heterocycles. The molecule has 16 heteroatoms. The van der Waals surface area contributed by atoms with E-state index in [1.807, 2.05) is 33.7 Å². The molecule has 1 aliphatic carbocycles. The minimum absolute atomic E-state index is 0.131. The fourth-order valence-electron chi connectivity index (χ4n) is 9.65. The number of hydrogen-bond donors (Lipinski definition) is 2. The first kappa shape index (κ1) is 41.8. The van der Waals surface area contributed by atoms with E-state index in [0.29, 0.717) is 56.7 Å². The average molecular weight is 860 g/mol. The van der Waals surface area contributed by atoms with Crippen LogP contribution in [0.1, 0.15) is 96.1 Å². The van der Waals surface area contributed by atoms with Crippen molar-refractivity contribution >= 4 is 49.3 Å². The van der Waals surface area contributed by atoms with Crippen LogP contribution in [-0.2, 0) is 52.9 Å². The molecule has 318 valence electrons. The molecule has 0 unspecified atom stereocenters. The highest BCUT2D eigenvalue weighted by Crippen LogP contribution is 2.45. The number of benzene rings is 3. The van der Waals surface area contributed by atoms with Crippen molar-refractivity contribution in [2.45, 2.75) is 70.6 Å². The number of amides is 2. The summed E-state index contributed by atoms with van der Waals surface area (Å²) < 4.78 is 68.7. The highest BCUT2D eigenvalue weighted by atomic mass is 32.2. The van der Waals surface area contributed by atoms with E-state index in [1.165, 1.54) is 0 Å². The van der Waals surface area contributed by atoms with Crippen molar-refractivity contribution in [1.82, 2.24) is 14.5 Å². The van der Waals surface area contributed by atoms with Crippen molar-refractivity contribution in [2.24, 2.45) is 5.92 Å². The van der Waals surface area contributed by atoms with Crippen molar-refractivity contribution in [3.63, 3.8) is 0 Å². The Hall–Kier alpha value is -4.90. The molecule has 0 radical (unpaired) electrons. The number of anilines is 1. The van der Waals surface area contributed by atoms with Crippen molar-refractivity contribution in [1.29, 1.82) is 0 Å². The molecular formula is C44H51N4O10S2+. The number of fused-ring (bicyclic) bond motifs is 4. The van der Waals surface area contributed by atoms with Crippen molar-refractivity contribution < 1.29 is 45.2 Å². The summed E-state index contributed by atoms with van der Waals surface area (Å²) in [5, 5.41) is 2.86. The number of likely N-dealkylation sites (tertiary alicyclic amines) is 1. The topological polar surface area (TPSA) is 182 Å². The van der Waals surface area contributed by atoms with Gasteiger partial charge in [-0.25, -0.2) is 9.37 Å². The highest BCUT2D eigenvalue weighted by molar-refractivity contribution is 7.86. The van der Waals surface area contributed by atoms with Gasteiger partial charge in [-0.15, -0.1) is 5.06 Å². The van der Waals surface area contributed by atoms with Crippen LogP contribution in [0.25, 0.3) is 5.57 Å². The van der Waals surface area contributed by atoms with E-state index < -0.39 is 49.0 Å². The van der Waals surface area contributed by atoms with Crippen LogP contribution in [0.2, 0.25) is 0 Å². The lowest BCUT2D eigenvalue weighted by atomic mass is 9.67. The molecule has 2 amide bonds. The third kappa shape index (κ3) is 8.14. The van der Waals surface area contributed by atoms with Crippen LogP contribution >= 0.6 is 0 Å². The number of aryl methyl sites for hydroxylation is 2. The highest BCUT2D eigenvalue weighted by Gasteiger charge is 2.39. The number of hydroxylamine groups is 2. The van der Waals surface area contributed by atoms with Crippen LogP contribution in [0.5, 0.6) is 0 Å². The molecule has 0 saturated carbocycles. The number of carbonyl (C=O) groups excluding carboxylic acids is 3. The third-order valence-electron chi connectivity index (χ3n) is 12.9. The number of allylic oxidation sites excluding steroid dienone is 1. The van der Waals surface area contributed by atoms with Crippen LogP contribution in [0.3, 0.4) is 0 Å². The van der Waals surface area contributed by atoms with Crippen LogP contribution < -0.4 is 20.1 Å². The molecule has 14 nitrogen and oxygen atoms in total. The van der Waals surface area contributed by atoms with E-state index in [4.69, 9.17) is 4.84 Å². The Morgan fingerprint density at radius 2 is 1.58 bits per heavy atom. The molecule has 0 spiro atoms. The van der Waals surface area contributed by atoms with Crippen LogP contribution in [0.15, 0.2) is 60.8 Å². The smallest absolute Gasteiger partial charge is 0.336 e. The van der Waals surface area contributed by atoms with E-state index in [2.05, 4.69) is 44.7 Å². The Morgan fingerprint density at radius 1 is 0.867 bits per heavy atom. The zero-order valence-corrected chi connectivity index (χ0v) is 35.6. The predicted molar refractivity (Wildman–Crippen MR) is 225 cm³/mol. The summed E-state index contributed by atoms with van der Waals surface area (Å²) in [6.07, 6.45) is 4.55. The van der Waals surface area contributed by atoms with Crippen molar-refractivity contribution in [2.75, 3.05) is 55.7 Å². The maximum Gasteiger partial charge on any atom is 0.336 e. The molecule has 3 aromatic carbocycles. The monoisotopic (exact) mass is 859 g/mol. The van der Waals surface area contributed by atoms with Gasteiger partial charge in [0.15, 0.2) is 6.54 Å². The van der Waals surface area contributed by atoms with E-state index in [9.17, 15) is 40.3 Å². The Balaban J connectivity index is 1.24. The van der Waals surface area contributed by atoms with Gasteiger partial charge in [0.1, 0.15) is 12.3 Å². The van der Waals surface area contributed by atoms with Gasteiger partial charge in [0.05, 0.1) is 17.4 Å². The predicted octanol–water partition coefficient (Wildman–Crippen LogP) is 2.99. The number of rotatable bonds is 10. The lowest BCUT2D eigenvalue weighted by molar-refractivity contribution is -0.191. The Kier molecular flexibility index (Phi) is 11.0. The van der Waals surface area contributed by atoms with E-state index in [0.717, 1.165) is 86.0 Å². The van der Waals surface area contributed by atoms with Crippen LogP contribution in [0.4, 0.5) is 5.69 Å². The Morgan fingerprint density at radius 3 is 2.28 bits per heavy atom.